The Balaban J connectivity index is 2.31. The average molecular weight is 256 g/mol. The van der Waals surface area contributed by atoms with E-state index in [1.54, 1.807) is 0 Å². The third-order valence-electron chi connectivity index (χ3n) is 3.29. The standard InChI is InChI=1S/C16H20N2O/c1-3-5-10-18-11-15(12-19)16(17-18)14-8-6-13(4-2)7-9-14/h6-9,11-12H,3-5,10H2,1-2H3. The fourth-order valence-electron chi connectivity index (χ4n) is 2.08. The lowest BCUT2D eigenvalue weighted by atomic mass is 10.1. The van der Waals surface area contributed by atoms with E-state index in [2.05, 4.69) is 31.1 Å². The van der Waals surface area contributed by atoms with Crippen molar-refractivity contribution in [2.24, 2.45) is 0 Å². The molecule has 0 saturated heterocycles. The van der Waals surface area contributed by atoms with Gasteiger partial charge in [-0.25, -0.2) is 0 Å². The number of carbonyl (C=O) groups is 1. The number of rotatable bonds is 6. The molecule has 2 rings (SSSR count). The molecule has 0 aliphatic heterocycles. The van der Waals surface area contributed by atoms with Gasteiger partial charge in [0.25, 0.3) is 0 Å². The lowest BCUT2D eigenvalue weighted by molar-refractivity contribution is 0.112. The molecule has 3 heteroatoms. The van der Waals surface area contributed by atoms with Gasteiger partial charge in [0, 0.05) is 18.3 Å². The van der Waals surface area contributed by atoms with Crippen molar-refractivity contribution in [2.75, 3.05) is 0 Å². The van der Waals surface area contributed by atoms with Gasteiger partial charge in [-0.2, -0.15) is 5.10 Å². The molecule has 19 heavy (non-hydrogen) atoms. The number of aryl methyl sites for hydroxylation is 2. The van der Waals surface area contributed by atoms with E-state index in [1.165, 1.54) is 5.56 Å². The van der Waals surface area contributed by atoms with Crippen LogP contribution in [-0.2, 0) is 13.0 Å². The van der Waals surface area contributed by atoms with Crippen LogP contribution >= 0.6 is 0 Å². The van der Waals surface area contributed by atoms with Crippen LogP contribution < -0.4 is 0 Å². The van der Waals surface area contributed by atoms with Gasteiger partial charge in [0.2, 0.25) is 0 Å². The molecule has 0 fully saturated rings. The molecule has 0 radical (unpaired) electrons. The summed E-state index contributed by atoms with van der Waals surface area (Å²) in [7, 11) is 0. The number of unbranched alkanes of at least 4 members (excludes halogenated alkanes) is 1. The number of hydrogen-bond donors (Lipinski definition) is 0. The predicted molar refractivity (Wildman–Crippen MR) is 77.3 cm³/mol. The number of hydrogen-bond acceptors (Lipinski definition) is 2. The van der Waals surface area contributed by atoms with Crippen molar-refractivity contribution >= 4 is 6.29 Å². The second-order valence-corrected chi connectivity index (χ2v) is 4.72. The fourth-order valence-corrected chi connectivity index (χ4v) is 2.08. The summed E-state index contributed by atoms with van der Waals surface area (Å²) < 4.78 is 1.87. The summed E-state index contributed by atoms with van der Waals surface area (Å²) in [4.78, 5) is 11.2. The van der Waals surface area contributed by atoms with Crippen molar-refractivity contribution < 1.29 is 4.79 Å². The molecule has 3 nitrogen and oxygen atoms in total. The maximum atomic E-state index is 11.2. The van der Waals surface area contributed by atoms with Gasteiger partial charge >= 0.3 is 0 Å². The molecule has 0 aliphatic carbocycles. The minimum Gasteiger partial charge on any atom is -0.298 e. The fraction of sp³-hybridized carbons (Fsp3) is 0.375. The first-order valence-electron chi connectivity index (χ1n) is 6.90. The molecule has 0 N–H and O–H groups in total. The van der Waals surface area contributed by atoms with Gasteiger partial charge in [0.15, 0.2) is 6.29 Å². The van der Waals surface area contributed by atoms with Gasteiger partial charge < -0.3 is 0 Å². The number of aromatic nitrogens is 2. The SMILES string of the molecule is CCCCn1cc(C=O)c(-c2ccc(CC)cc2)n1. The normalized spacial score (nSPS) is 10.6. The van der Waals surface area contributed by atoms with Crippen molar-refractivity contribution in [2.45, 2.75) is 39.7 Å². The summed E-state index contributed by atoms with van der Waals surface area (Å²) in [6.07, 6.45) is 5.95. The first kappa shape index (κ1) is 13.5. The molecule has 1 heterocycles. The Morgan fingerprint density at radius 1 is 1.21 bits per heavy atom. The molecule has 2 aromatic rings. The van der Waals surface area contributed by atoms with Crippen molar-refractivity contribution in [3.8, 4) is 11.3 Å². The first-order chi connectivity index (χ1) is 9.28. The molecule has 0 aliphatic rings. The Morgan fingerprint density at radius 2 is 1.95 bits per heavy atom. The third kappa shape index (κ3) is 3.11. The zero-order chi connectivity index (χ0) is 13.7. The Morgan fingerprint density at radius 3 is 2.53 bits per heavy atom. The second kappa shape index (κ2) is 6.32. The summed E-state index contributed by atoms with van der Waals surface area (Å²) in [6, 6.07) is 8.26. The zero-order valence-electron chi connectivity index (χ0n) is 11.6. The Bertz CT molecular complexity index is 540. The quantitative estimate of drug-likeness (QED) is 0.738. The van der Waals surface area contributed by atoms with Crippen LogP contribution in [0.4, 0.5) is 0 Å². The maximum Gasteiger partial charge on any atom is 0.153 e. The zero-order valence-corrected chi connectivity index (χ0v) is 11.6. The van der Waals surface area contributed by atoms with Gasteiger partial charge in [-0.15, -0.1) is 0 Å². The van der Waals surface area contributed by atoms with Gasteiger partial charge in [0.05, 0.1) is 5.56 Å². The molecule has 0 spiro atoms. The van der Waals surface area contributed by atoms with E-state index < -0.39 is 0 Å². The van der Waals surface area contributed by atoms with E-state index in [0.29, 0.717) is 5.56 Å². The van der Waals surface area contributed by atoms with E-state index >= 15 is 0 Å². The van der Waals surface area contributed by atoms with Crippen LogP contribution in [0.3, 0.4) is 0 Å². The van der Waals surface area contributed by atoms with E-state index in [0.717, 1.165) is 43.4 Å². The van der Waals surface area contributed by atoms with Gasteiger partial charge in [0.1, 0.15) is 5.69 Å². The smallest absolute Gasteiger partial charge is 0.153 e. The van der Waals surface area contributed by atoms with Crippen molar-refractivity contribution in [3.63, 3.8) is 0 Å². The summed E-state index contributed by atoms with van der Waals surface area (Å²) in [6.45, 7) is 5.14. The summed E-state index contributed by atoms with van der Waals surface area (Å²) in [5, 5.41) is 4.53. The van der Waals surface area contributed by atoms with Gasteiger partial charge in [-0.05, 0) is 18.4 Å². The lowest BCUT2D eigenvalue weighted by Gasteiger charge is -2.01. The van der Waals surface area contributed by atoms with Gasteiger partial charge in [-0.1, -0.05) is 44.5 Å². The molecule has 0 amide bonds. The molecule has 0 unspecified atom stereocenters. The van der Waals surface area contributed by atoms with Crippen molar-refractivity contribution in [1.29, 1.82) is 0 Å². The summed E-state index contributed by atoms with van der Waals surface area (Å²) in [5.41, 5.74) is 3.76. The minimum atomic E-state index is 0.667. The van der Waals surface area contributed by atoms with Crippen LogP contribution in [0.15, 0.2) is 30.5 Å². The van der Waals surface area contributed by atoms with Crippen LogP contribution in [0.1, 0.15) is 42.6 Å². The monoisotopic (exact) mass is 256 g/mol. The number of aldehydes is 1. The van der Waals surface area contributed by atoms with Crippen LogP contribution in [0, 0.1) is 0 Å². The second-order valence-electron chi connectivity index (χ2n) is 4.72. The molecular weight excluding hydrogens is 236 g/mol. The van der Waals surface area contributed by atoms with Crippen LogP contribution in [0.2, 0.25) is 0 Å². The molecular formula is C16H20N2O. The average Bonchev–Trinajstić information content (AvgIpc) is 2.88. The van der Waals surface area contributed by atoms with E-state index in [4.69, 9.17) is 0 Å². The highest BCUT2D eigenvalue weighted by Gasteiger charge is 2.10. The highest BCUT2D eigenvalue weighted by atomic mass is 16.1. The van der Waals surface area contributed by atoms with E-state index in [1.807, 2.05) is 23.0 Å². The summed E-state index contributed by atoms with van der Waals surface area (Å²) >= 11 is 0. The Hall–Kier alpha value is -1.90. The molecule has 1 aromatic carbocycles. The first-order valence-corrected chi connectivity index (χ1v) is 6.90. The molecule has 1 aromatic heterocycles. The number of carbonyl (C=O) groups excluding carboxylic acids is 1. The molecule has 0 bridgehead atoms. The number of nitrogens with zero attached hydrogens (tertiary/aromatic N) is 2. The molecule has 0 atom stereocenters. The largest absolute Gasteiger partial charge is 0.298 e. The minimum absolute atomic E-state index is 0.667. The Labute approximate surface area is 114 Å². The highest BCUT2D eigenvalue weighted by Crippen LogP contribution is 2.21. The Kier molecular flexibility index (Phi) is 4.50. The van der Waals surface area contributed by atoms with Crippen molar-refractivity contribution in [3.05, 3.63) is 41.6 Å². The maximum absolute atomic E-state index is 11.2. The van der Waals surface area contributed by atoms with E-state index in [9.17, 15) is 4.79 Å². The van der Waals surface area contributed by atoms with Crippen molar-refractivity contribution in [1.82, 2.24) is 9.78 Å². The van der Waals surface area contributed by atoms with Gasteiger partial charge in [-0.3, -0.25) is 9.48 Å². The lowest BCUT2D eigenvalue weighted by Crippen LogP contribution is -1.97. The van der Waals surface area contributed by atoms with Crippen LogP contribution in [0.5, 0.6) is 0 Å². The third-order valence-corrected chi connectivity index (χ3v) is 3.29. The molecule has 0 saturated carbocycles. The number of benzene rings is 1. The van der Waals surface area contributed by atoms with Crippen LogP contribution in [0.25, 0.3) is 11.3 Å². The summed E-state index contributed by atoms with van der Waals surface area (Å²) in [5.74, 6) is 0. The van der Waals surface area contributed by atoms with E-state index in [-0.39, 0.29) is 0 Å². The van der Waals surface area contributed by atoms with Crippen LogP contribution in [-0.4, -0.2) is 16.1 Å². The topological polar surface area (TPSA) is 34.9 Å². The molecule has 100 valence electrons. The highest BCUT2D eigenvalue weighted by molar-refractivity contribution is 5.85. The predicted octanol–water partition coefficient (Wildman–Crippen LogP) is 3.73.